The van der Waals surface area contributed by atoms with Gasteiger partial charge in [-0.1, -0.05) is 29.8 Å². The molecule has 0 fully saturated rings. The molecule has 1 heterocycles. The van der Waals surface area contributed by atoms with Crippen molar-refractivity contribution in [3.63, 3.8) is 0 Å². The molecule has 0 atom stereocenters. The summed E-state index contributed by atoms with van der Waals surface area (Å²) in [5.74, 6) is -1.06. The van der Waals surface area contributed by atoms with E-state index in [2.05, 4.69) is 4.98 Å². The number of fused-ring (bicyclic) bond motifs is 1. The predicted octanol–water partition coefficient (Wildman–Crippen LogP) is 2.89. The maximum atomic E-state index is 10.9. The first-order chi connectivity index (χ1) is 7.11. The van der Waals surface area contributed by atoms with Crippen LogP contribution in [-0.2, 0) is 0 Å². The van der Waals surface area contributed by atoms with Crippen LogP contribution in [0.15, 0.2) is 24.3 Å². The summed E-state index contributed by atoms with van der Waals surface area (Å²) in [4.78, 5) is 14.9. The molecule has 0 saturated heterocycles. The van der Waals surface area contributed by atoms with Crippen LogP contribution in [0.1, 0.15) is 16.1 Å². The van der Waals surface area contributed by atoms with Gasteiger partial charge in [0.05, 0.1) is 10.5 Å². The van der Waals surface area contributed by atoms with Crippen LogP contribution in [-0.4, -0.2) is 16.1 Å². The van der Waals surface area contributed by atoms with Gasteiger partial charge in [-0.3, -0.25) is 0 Å². The number of halogens is 1. The van der Waals surface area contributed by atoms with Crippen molar-refractivity contribution in [1.29, 1.82) is 0 Å². The highest BCUT2D eigenvalue weighted by molar-refractivity contribution is 6.36. The molecule has 15 heavy (non-hydrogen) atoms. The molecule has 1 N–H and O–H groups in total. The maximum absolute atomic E-state index is 10.9. The molecule has 0 aliphatic carbocycles. The number of para-hydroxylation sites is 1. The Hall–Kier alpha value is -1.61. The number of hydrogen-bond donors (Lipinski definition) is 1. The number of hydrogen-bond acceptors (Lipinski definition) is 2. The molecule has 0 aliphatic heterocycles. The third kappa shape index (κ3) is 1.55. The molecular weight excluding hydrogens is 214 g/mol. The lowest BCUT2D eigenvalue weighted by molar-refractivity contribution is 0.0690. The SMILES string of the molecule is Cc1c(C(=O)O)nc2ccccc2c1Cl. The van der Waals surface area contributed by atoms with Crippen LogP contribution in [0.3, 0.4) is 0 Å². The van der Waals surface area contributed by atoms with Crippen molar-refractivity contribution in [2.75, 3.05) is 0 Å². The second-order valence-electron chi connectivity index (χ2n) is 3.22. The summed E-state index contributed by atoms with van der Waals surface area (Å²) in [7, 11) is 0. The van der Waals surface area contributed by atoms with E-state index < -0.39 is 5.97 Å². The zero-order chi connectivity index (χ0) is 11.0. The summed E-state index contributed by atoms with van der Waals surface area (Å²) in [5.41, 5.74) is 1.12. The lowest BCUT2D eigenvalue weighted by atomic mass is 10.1. The highest BCUT2D eigenvalue weighted by Gasteiger charge is 2.14. The third-order valence-corrected chi connectivity index (χ3v) is 2.75. The van der Waals surface area contributed by atoms with E-state index in [9.17, 15) is 4.79 Å². The van der Waals surface area contributed by atoms with Crippen molar-refractivity contribution >= 4 is 28.5 Å². The maximum Gasteiger partial charge on any atom is 0.354 e. The number of aromatic nitrogens is 1. The van der Waals surface area contributed by atoms with Crippen LogP contribution in [0, 0.1) is 6.92 Å². The summed E-state index contributed by atoms with van der Waals surface area (Å²) in [6, 6.07) is 7.21. The van der Waals surface area contributed by atoms with E-state index in [1.165, 1.54) is 0 Å². The predicted molar refractivity (Wildman–Crippen MR) is 58.4 cm³/mol. The molecular formula is C11H8ClNO2. The van der Waals surface area contributed by atoms with Gasteiger partial charge in [0.2, 0.25) is 0 Å². The molecule has 1 aromatic heterocycles. The van der Waals surface area contributed by atoms with Crippen LogP contribution < -0.4 is 0 Å². The van der Waals surface area contributed by atoms with E-state index >= 15 is 0 Å². The average molecular weight is 222 g/mol. The van der Waals surface area contributed by atoms with Crippen LogP contribution in [0.5, 0.6) is 0 Å². The Bertz CT molecular complexity index is 552. The summed E-state index contributed by atoms with van der Waals surface area (Å²) in [6.07, 6.45) is 0. The normalized spacial score (nSPS) is 10.5. The first-order valence-electron chi connectivity index (χ1n) is 4.39. The minimum Gasteiger partial charge on any atom is -0.477 e. The molecule has 76 valence electrons. The number of carbonyl (C=O) groups is 1. The van der Waals surface area contributed by atoms with E-state index in [0.29, 0.717) is 16.1 Å². The molecule has 2 aromatic rings. The quantitative estimate of drug-likeness (QED) is 0.806. The van der Waals surface area contributed by atoms with Crippen molar-refractivity contribution in [2.24, 2.45) is 0 Å². The molecule has 3 nitrogen and oxygen atoms in total. The number of carboxylic acid groups (broad SMARTS) is 1. The molecule has 0 unspecified atom stereocenters. The van der Waals surface area contributed by atoms with Crippen LogP contribution in [0.25, 0.3) is 10.9 Å². The molecule has 0 saturated carbocycles. The van der Waals surface area contributed by atoms with Gasteiger partial charge < -0.3 is 5.11 Å². The van der Waals surface area contributed by atoms with Crippen molar-refractivity contribution in [1.82, 2.24) is 4.98 Å². The highest BCUT2D eigenvalue weighted by atomic mass is 35.5. The fourth-order valence-corrected chi connectivity index (χ4v) is 1.72. The van der Waals surface area contributed by atoms with Gasteiger partial charge >= 0.3 is 5.97 Å². The number of nitrogens with zero attached hydrogens (tertiary/aromatic N) is 1. The molecule has 0 radical (unpaired) electrons. The van der Waals surface area contributed by atoms with E-state index in [1.807, 2.05) is 12.1 Å². The summed E-state index contributed by atoms with van der Waals surface area (Å²) < 4.78 is 0. The number of aromatic carboxylic acids is 1. The summed E-state index contributed by atoms with van der Waals surface area (Å²) in [5, 5.41) is 10.2. The Balaban J connectivity index is 2.88. The number of benzene rings is 1. The van der Waals surface area contributed by atoms with Crippen LogP contribution >= 0.6 is 11.6 Å². The van der Waals surface area contributed by atoms with E-state index in [-0.39, 0.29) is 5.69 Å². The Labute approximate surface area is 91.3 Å². The number of carboxylic acids is 1. The summed E-state index contributed by atoms with van der Waals surface area (Å²) in [6.45, 7) is 1.66. The van der Waals surface area contributed by atoms with Gasteiger partial charge in [-0.2, -0.15) is 0 Å². The van der Waals surface area contributed by atoms with Crippen molar-refractivity contribution in [2.45, 2.75) is 6.92 Å². The first-order valence-corrected chi connectivity index (χ1v) is 4.77. The fourth-order valence-electron chi connectivity index (χ4n) is 1.48. The Morgan fingerprint density at radius 2 is 2.07 bits per heavy atom. The smallest absolute Gasteiger partial charge is 0.354 e. The Morgan fingerprint density at radius 3 is 2.73 bits per heavy atom. The minimum atomic E-state index is -1.06. The molecule has 0 spiro atoms. The Kier molecular flexibility index (Phi) is 2.32. The second-order valence-corrected chi connectivity index (χ2v) is 3.60. The van der Waals surface area contributed by atoms with Gasteiger partial charge in [0, 0.05) is 10.9 Å². The van der Waals surface area contributed by atoms with E-state index in [0.717, 1.165) is 5.39 Å². The molecule has 0 aliphatic rings. The van der Waals surface area contributed by atoms with Crippen LogP contribution in [0.4, 0.5) is 0 Å². The Morgan fingerprint density at radius 1 is 1.40 bits per heavy atom. The van der Waals surface area contributed by atoms with Crippen LogP contribution in [0.2, 0.25) is 5.02 Å². The summed E-state index contributed by atoms with van der Waals surface area (Å²) >= 11 is 6.07. The highest BCUT2D eigenvalue weighted by Crippen LogP contribution is 2.27. The van der Waals surface area contributed by atoms with Crippen molar-refractivity contribution in [3.05, 3.63) is 40.5 Å². The zero-order valence-corrected chi connectivity index (χ0v) is 8.75. The van der Waals surface area contributed by atoms with Crippen molar-refractivity contribution < 1.29 is 9.90 Å². The lowest BCUT2D eigenvalue weighted by Gasteiger charge is -2.06. The van der Waals surface area contributed by atoms with Gasteiger partial charge in [-0.25, -0.2) is 9.78 Å². The largest absolute Gasteiger partial charge is 0.477 e. The molecule has 1 aromatic carbocycles. The average Bonchev–Trinajstić information content (AvgIpc) is 2.23. The topological polar surface area (TPSA) is 50.2 Å². The van der Waals surface area contributed by atoms with Gasteiger partial charge in [-0.05, 0) is 13.0 Å². The van der Waals surface area contributed by atoms with E-state index in [1.54, 1.807) is 19.1 Å². The number of pyridine rings is 1. The first kappa shape index (κ1) is 9.93. The number of rotatable bonds is 1. The lowest BCUT2D eigenvalue weighted by Crippen LogP contribution is -2.04. The monoisotopic (exact) mass is 221 g/mol. The van der Waals surface area contributed by atoms with Gasteiger partial charge in [0.15, 0.2) is 5.69 Å². The molecule has 4 heteroatoms. The van der Waals surface area contributed by atoms with Crippen molar-refractivity contribution in [3.8, 4) is 0 Å². The molecule has 0 amide bonds. The second kappa shape index (κ2) is 3.51. The van der Waals surface area contributed by atoms with Gasteiger partial charge in [-0.15, -0.1) is 0 Å². The minimum absolute atomic E-state index is 0.0127. The molecule has 0 bridgehead atoms. The fraction of sp³-hybridized carbons (Fsp3) is 0.0909. The molecule has 2 rings (SSSR count). The van der Waals surface area contributed by atoms with E-state index in [4.69, 9.17) is 16.7 Å². The standard InChI is InChI=1S/C11H8ClNO2/c1-6-9(12)7-4-2-3-5-8(7)13-10(6)11(14)15/h2-5H,1H3,(H,14,15). The third-order valence-electron chi connectivity index (χ3n) is 2.26. The van der Waals surface area contributed by atoms with Gasteiger partial charge in [0.1, 0.15) is 0 Å². The zero-order valence-electron chi connectivity index (χ0n) is 7.99. The van der Waals surface area contributed by atoms with Gasteiger partial charge in [0.25, 0.3) is 0 Å².